The van der Waals surface area contributed by atoms with Crippen LogP contribution in [0.25, 0.3) is 6.08 Å². The second kappa shape index (κ2) is 3.41. The lowest BCUT2D eigenvalue weighted by Crippen LogP contribution is -1.98. The smallest absolute Gasteiger partial charge is 0.0768 e. The molecule has 1 rings (SSSR count). The number of benzene rings is 1. The zero-order chi connectivity index (χ0) is 9.14. The van der Waals surface area contributed by atoms with Crippen molar-refractivity contribution >= 4 is 11.8 Å². The van der Waals surface area contributed by atoms with E-state index in [0.717, 1.165) is 11.1 Å². The SMILES string of the molecule is C=Cc1c(N)cccc1C(C)O. The highest BCUT2D eigenvalue weighted by molar-refractivity contribution is 5.66. The van der Waals surface area contributed by atoms with Crippen molar-refractivity contribution in [2.75, 3.05) is 5.73 Å². The fourth-order valence-electron chi connectivity index (χ4n) is 1.20. The summed E-state index contributed by atoms with van der Waals surface area (Å²) >= 11 is 0. The van der Waals surface area contributed by atoms with Crippen LogP contribution in [0, 0.1) is 0 Å². The zero-order valence-corrected chi connectivity index (χ0v) is 7.12. The van der Waals surface area contributed by atoms with E-state index in [9.17, 15) is 5.11 Å². The van der Waals surface area contributed by atoms with Gasteiger partial charge in [-0.25, -0.2) is 0 Å². The van der Waals surface area contributed by atoms with Crippen molar-refractivity contribution in [2.45, 2.75) is 13.0 Å². The molecule has 0 fully saturated rings. The minimum atomic E-state index is -0.499. The van der Waals surface area contributed by atoms with Crippen molar-refractivity contribution in [3.8, 4) is 0 Å². The van der Waals surface area contributed by atoms with E-state index < -0.39 is 6.10 Å². The molecule has 0 radical (unpaired) electrons. The van der Waals surface area contributed by atoms with Gasteiger partial charge < -0.3 is 10.8 Å². The molecule has 3 N–H and O–H groups in total. The molecule has 0 aliphatic heterocycles. The Morgan fingerprint density at radius 3 is 2.67 bits per heavy atom. The maximum Gasteiger partial charge on any atom is 0.0768 e. The van der Waals surface area contributed by atoms with Crippen LogP contribution in [0.3, 0.4) is 0 Å². The molecule has 0 saturated carbocycles. The number of anilines is 1. The number of aliphatic hydroxyl groups excluding tert-OH is 1. The summed E-state index contributed by atoms with van der Waals surface area (Å²) in [5.41, 5.74) is 7.99. The van der Waals surface area contributed by atoms with Crippen LogP contribution in [0.5, 0.6) is 0 Å². The van der Waals surface area contributed by atoms with Crippen molar-refractivity contribution in [1.29, 1.82) is 0 Å². The van der Waals surface area contributed by atoms with Crippen LogP contribution in [0.1, 0.15) is 24.2 Å². The van der Waals surface area contributed by atoms with Gasteiger partial charge in [-0.3, -0.25) is 0 Å². The normalized spacial score (nSPS) is 12.5. The Morgan fingerprint density at radius 2 is 2.25 bits per heavy atom. The van der Waals surface area contributed by atoms with E-state index in [1.165, 1.54) is 0 Å². The van der Waals surface area contributed by atoms with Crippen LogP contribution in [0.4, 0.5) is 5.69 Å². The van der Waals surface area contributed by atoms with E-state index in [-0.39, 0.29) is 0 Å². The number of rotatable bonds is 2. The molecule has 64 valence electrons. The highest BCUT2D eigenvalue weighted by Crippen LogP contribution is 2.23. The van der Waals surface area contributed by atoms with Crippen molar-refractivity contribution in [1.82, 2.24) is 0 Å². The average molecular weight is 163 g/mol. The van der Waals surface area contributed by atoms with Crippen LogP contribution in [-0.2, 0) is 0 Å². The fourth-order valence-corrected chi connectivity index (χ4v) is 1.20. The van der Waals surface area contributed by atoms with Crippen molar-refractivity contribution in [2.24, 2.45) is 0 Å². The lowest BCUT2D eigenvalue weighted by atomic mass is 10.0. The van der Waals surface area contributed by atoms with Gasteiger partial charge in [-0.15, -0.1) is 0 Å². The predicted molar refractivity (Wildman–Crippen MR) is 51.6 cm³/mol. The molecule has 0 aliphatic carbocycles. The van der Waals surface area contributed by atoms with Crippen molar-refractivity contribution in [3.05, 3.63) is 35.9 Å². The summed E-state index contributed by atoms with van der Waals surface area (Å²) in [5, 5.41) is 9.36. The van der Waals surface area contributed by atoms with E-state index in [4.69, 9.17) is 5.73 Å². The van der Waals surface area contributed by atoms with E-state index in [2.05, 4.69) is 6.58 Å². The summed E-state index contributed by atoms with van der Waals surface area (Å²) in [6.07, 6.45) is 1.17. The molecule has 1 unspecified atom stereocenters. The highest BCUT2D eigenvalue weighted by Gasteiger charge is 2.06. The first-order valence-electron chi connectivity index (χ1n) is 3.85. The molecule has 0 spiro atoms. The number of hydrogen-bond donors (Lipinski definition) is 2. The van der Waals surface area contributed by atoms with Crippen LogP contribution in [0.2, 0.25) is 0 Å². The Morgan fingerprint density at radius 1 is 1.58 bits per heavy atom. The zero-order valence-electron chi connectivity index (χ0n) is 7.12. The molecule has 0 bridgehead atoms. The third kappa shape index (κ3) is 1.48. The van der Waals surface area contributed by atoms with E-state index in [1.54, 1.807) is 19.1 Å². The molecule has 0 aromatic heterocycles. The van der Waals surface area contributed by atoms with Gasteiger partial charge in [-0.05, 0) is 18.6 Å². The first kappa shape index (κ1) is 8.81. The van der Waals surface area contributed by atoms with Gasteiger partial charge in [0, 0.05) is 11.3 Å². The summed E-state index contributed by atoms with van der Waals surface area (Å²) in [4.78, 5) is 0. The largest absolute Gasteiger partial charge is 0.398 e. The maximum absolute atomic E-state index is 9.36. The van der Waals surface area contributed by atoms with Crippen LogP contribution < -0.4 is 5.73 Å². The van der Waals surface area contributed by atoms with Gasteiger partial charge in [0.05, 0.1) is 6.10 Å². The summed E-state index contributed by atoms with van der Waals surface area (Å²) in [7, 11) is 0. The summed E-state index contributed by atoms with van der Waals surface area (Å²) in [6, 6.07) is 5.46. The van der Waals surface area contributed by atoms with Crippen molar-refractivity contribution in [3.63, 3.8) is 0 Å². The molecular formula is C10H13NO. The lowest BCUT2D eigenvalue weighted by molar-refractivity contribution is 0.199. The summed E-state index contributed by atoms with van der Waals surface area (Å²) < 4.78 is 0. The van der Waals surface area contributed by atoms with Gasteiger partial charge in [-0.2, -0.15) is 0 Å². The quantitative estimate of drug-likeness (QED) is 0.655. The second-order valence-corrected chi connectivity index (χ2v) is 2.73. The van der Waals surface area contributed by atoms with E-state index >= 15 is 0 Å². The summed E-state index contributed by atoms with van der Waals surface area (Å²) in [5.74, 6) is 0. The third-order valence-electron chi connectivity index (χ3n) is 1.83. The molecule has 2 heteroatoms. The Hall–Kier alpha value is -1.28. The minimum Gasteiger partial charge on any atom is -0.398 e. The third-order valence-corrected chi connectivity index (χ3v) is 1.83. The monoisotopic (exact) mass is 163 g/mol. The Bertz CT molecular complexity index is 292. The number of hydrogen-bond acceptors (Lipinski definition) is 2. The van der Waals surface area contributed by atoms with Crippen LogP contribution in [0.15, 0.2) is 24.8 Å². The topological polar surface area (TPSA) is 46.2 Å². The number of nitrogens with two attached hydrogens (primary N) is 1. The maximum atomic E-state index is 9.36. The van der Waals surface area contributed by atoms with E-state index in [0.29, 0.717) is 5.69 Å². The molecule has 0 aliphatic rings. The van der Waals surface area contributed by atoms with Gasteiger partial charge in [0.2, 0.25) is 0 Å². The standard InChI is InChI=1S/C10H13NO/c1-3-8-9(7(2)12)5-4-6-10(8)11/h3-7,12H,1,11H2,2H3. The fraction of sp³-hybridized carbons (Fsp3) is 0.200. The second-order valence-electron chi connectivity index (χ2n) is 2.73. The molecule has 0 heterocycles. The van der Waals surface area contributed by atoms with Crippen LogP contribution >= 0.6 is 0 Å². The van der Waals surface area contributed by atoms with Crippen LogP contribution in [-0.4, -0.2) is 5.11 Å². The number of aliphatic hydroxyl groups is 1. The molecule has 1 aromatic rings. The van der Waals surface area contributed by atoms with Gasteiger partial charge in [0.15, 0.2) is 0 Å². The first-order chi connectivity index (χ1) is 5.66. The summed E-state index contributed by atoms with van der Waals surface area (Å²) in [6.45, 7) is 5.35. The molecule has 0 amide bonds. The van der Waals surface area contributed by atoms with Gasteiger partial charge in [0.25, 0.3) is 0 Å². The number of nitrogen functional groups attached to an aromatic ring is 1. The highest BCUT2D eigenvalue weighted by atomic mass is 16.3. The first-order valence-corrected chi connectivity index (χ1v) is 3.85. The van der Waals surface area contributed by atoms with Crippen molar-refractivity contribution < 1.29 is 5.11 Å². The minimum absolute atomic E-state index is 0.499. The molecular weight excluding hydrogens is 150 g/mol. The lowest BCUT2D eigenvalue weighted by Gasteiger charge is -2.10. The molecule has 2 nitrogen and oxygen atoms in total. The van der Waals surface area contributed by atoms with E-state index in [1.807, 2.05) is 12.1 Å². The molecule has 12 heavy (non-hydrogen) atoms. The molecule has 1 atom stereocenters. The Balaban J connectivity index is 3.27. The predicted octanol–water partition coefficient (Wildman–Crippen LogP) is 1.97. The van der Waals surface area contributed by atoms with Gasteiger partial charge in [0.1, 0.15) is 0 Å². The molecule has 1 aromatic carbocycles. The average Bonchev–Trinajstić information content (AvgIpc) is 2.03. The Kier molecular flexibility index (Phi) is 2.51. The molecule has 0 saturated heterocycles. The Labute approximate surface area is 72.3 Å². The van der Waals surface area contributed by atoms with Gasteiger partial charge in [-0.1, -0.05) is 24.8 Å². The van der Waals surface area contributed by atoms with Gasteiger partial charge >= 0.3 is 0 Å².